The lowest BCUT2D eigenvalue weighted by molar-refractivity contribution is 0.100. The lowest BCUT2D eigenvalue weighted by Crippen LogP contribution is -2.09. The number of hydrogen-bond donors (Lipinski definition) is 1. The van der Waals surface area contributed by atoms with E-state index in [2.05, 4.69) is 5.10 Å². The van der Waals surface area contributed by atoms with E-state index in [1.807, 2.05) is 0 Å². The van der Waals surface area contributed by atoms with Gasteiger partial charge in [-0.15, -0.1) is 0 Å². The zero-order valence-electron chi connectivity index (χ0n) is 11.7. The van der Waals surface area contributed by atoms with Crippen molar-refractivity contribution in [2.24, 2.45) is 5.73 Å². The standard InChI is InChI=1S/C16H11ClFN3O2/c17-14-6-1-11(18)7-15(14)23-13-4-2-12(3-5-13)21-9-10(8-20-21)16(19)22/h1-9H,(H2,19,22). The van der Waals surface area contributed by atoms with E-state index in [0.717, 1.165) is 5.69 Å². The molecule has 1 amide bonds. The Morgan fingerprint density at radius 1 is 1.22 bits per heavy atom. The van der Waals surface area contributed by atoms with Crippen molar-refractivity contribution in [1.82, 2.24) is 9.78 Å². The molecular formula is C16H11ClFN3O2. The molecular weight excluding hydrogens is 321 g/mol. The highest BCUT2D eigenvalue weighted by Gasteiger charge is 2.07. The second-order valence-corrected chi connectivity index (χ2v) is 5.12. The van der Waals surface area contributed by atoms with Gasteiger partial charge < -0.3 is 10.5 Å². The van der Waals surface area contributed by atoms with Gasteiger partial charge >= 0.3 is 0 Å². The molecule has 0 aliphatic rings. The monoisotopic (exact) mass is 331 g/mol. The Hall–Kier alpha value is -2.86. The number of amides is 1. The number of hydrogen-bond acceptors (Lipinski definition) is 3. The van der Waals surface area contributed by atoms with E-state index in [0.29, 0.717) is 16.3 Å². The van der Waals surface area contributed by atoms with Gasteiger partial charge in [0.2, 0.25) is 0 Å². The summed E-state index contributed by atoms with van der Waals surface area (Å²) in [6, 6.07) is 10.7. The molecule has 0 aliphatic heterocycles. The van der Waals surface area contributed by atoms with Crippen LogP contribution in [-0.2, 0) is 0 Å². The van der Waals surface area contributed by atoms with Crippen LogP contribution >= 0.6 is 11.6 Å². The van der Waals surface area contributed by atoms with Gasteiger partial charge in [-0.3, -0.25) is 4.79 Å². The molecule has 23 heavy (non-hydrogen) atoms. The Labute approximate surface area is 136 Å². The zero-order valence-corrected chi connectivity index (χ0v) is 12.5. The summed E-state index contributed by atoms with van der Waals surface area (Å²) in [7, 11) is 0. The highest BCUT2D eigenvalue weighted by molar-refractivity contribution is 6.32. The summed E-state index contributed by atoms with van der Waals surface area (Å²) < 4.78 is 20.3. The third kappa shape index (κ3) is 3.32. The van der Waals surface area contributed by atoms with E-state index in [1.165, 1.54) is 35.3 Å². The maximum Gasteiger partial charge on any atom is 0.251 e. The fraction of sp³-hybridized carbons (Fsp3) is 0. The van der Waals surface area contributed by atoms with Crippen molar-refractivity contribution in [1.29, 1.82) is 0 Å². The van der Waals surface area contributed by atoms with Crippen LogP contribution in [0.25, 0.3) is 5.69 Å². The Bertz CT molecular complexity index is 862. The molecule has 3 rings (SSSR count). The van der Waals surface area contributed by atoms with Crippen molar-refractivity contribution in [2.45, 2.75) is 0 Å². The van der Waals surface area contributed by atoms with E-state index in [9.17, 15) is 9.18 Å². The molecule has 116 valence electrons. The third-order valence-corrected chi connectivity index (χ3v) is 3.40. The maximum atomic E-state index is 13.2. The molecule has 0 bridgehead atoms. The van der Waals surface area contributed by atoms with Crippen LogP contribution < -0.4 is 10.5 Å². The quantitative estimate of drug-likeness (QED) is 0.794. The first-order chi connectivity index (χ1) is 11.0. The molecule has 0 atom stereocenters. The molecule has 0 spiro atoms. The van der Waals surface area contributed by atoms with Gasteiger partial charge in [0.1, 0.15) is 17.3 Å². The van der Waals surface area contributed by atoms with Gasteiger partial charge in [0.05, 0.1) is 22.5 Å². The lowest BCUT2D eigenvalue weighted by atomic mass is 10.3. The minimum atomic E-state index is -0.544. The largest absolute Gasteiger partial charge is 0.456 e. The van der Waals surface area contributed by atoms with Gasteiger partial charge in [-0.25, -0.2) is 9.07 Å². The fourth-order valence-corrected chi connectivity index (χ4v) is 2.10. The van der Waals surface area contributed by atoms with E-state index >= 15 is 0 Å². The number of carbonyl (C=O) groups excluding carboxylic acids is 1. The minimum absolute atomic E-state index is 0.231. The van der Waals surface area contributed by atoms with Gasteiger partial charge in [0.15, 0.2) is 0 Å². The number of nitrogens with zero attached hydrogens (tertiary/aromatic N) is 2. The van der Waals surface area contributed by atoms with Gasteiger partial charge in [-0.1, -0.05) is 11.6 Å². The van der Waals surface area contributed by atoms with Crippen LogP contribution in [0.2, 0.25) is 5.02 Å². The molecule has 0 saturated carbocycles. The summed E-state index contributed by atoms with van der Waals surface area (Å²) in [6.07, 6.45) is 2.92. The Morgan fingerprint density at radius 3 is 2.61 bits per heavy atom. The smallest absolute Gasteiger partial charge is 0.251 e. The number of primary amides is 1. The molecule has 0 saturated heterocycles. The normalized spacial score (nSPS) is 10.5. The molecule has 0 unspecified atom stereocenters. The molecule has 2 N–H and O–H groups in total. The van der Waals surface area contributed by atoms with Gasteiger partial charge in [-0.05, 0) is 36.4 Å². The Kier molecular flexibility index (Phi) is 3.99. The second kappa shape index (κ2) is 6.10. The number of rotatable bonds is 4. The summed E-state index contributed by atoms with van der Waals surface area (Å²) in [6.45, 7) is 0. The van der Waals surface area contributed by atoms with Crippen LogP contribution in [-0.4, -0.2) is 15.7 Å². The number of benzene rings is 2. The maximum absolute atomic E-state index is 13.2. The van der Waals surface area contributed by atoms with Crippen molar-refractivity contribution in [3.63, 3.8) is 0 Å². The van der Waals surface area contributed by atoms with Gasteiger partial charge in [0.25, 0.3) is 5.91 Å². The van der Waals surface area contributed by atoms with Crippen LogP contribution in [0.4, 0.5) is 4.39 Å². The number of nitrogens with two attached hydrogens (primary N) is 1. The first-order valence-corrected chi connectivity index (χ1v) is 6.98. The molecule has 1 heterocycles. The van der Waals surface area contributed by atoms with Gasteiger partial charge in [-0.2, -0.15) is 5.10 Å². The predicted octanol–water partition coefficient (Wildman–Crippen LogP) is 3.56. The summed E-state index contributed by atoms with van der Waals surface area (Å²) in [5.74, 6) is -0.258. The van der Waals surface area contributed by atoms with Crippen molar-refractivity contribution in [3.05, 3.63) is 71.3 Å². The summed E-state index contributed by atoms with van der Waals surface area (Å²) >= 11 is 5.96. The highest BCUT2D eigenvalue weighted by atomic mass is 35.5. The number of halogens is 2. The number of aromatic nitrogens is 2. The first kappa shape index (κ1) is 15.1. The molecule has 0 radical (unpaired) electrons. The van der Waals surface area contributed by atoms with Crippen molar-refractivity contribution in [2.75, 3.05) is 0 Å². The average molecular weight is 332 g/mol. The molecule has 5 nitrogen and oxygen atoms in total. The third-order valence-electron chi connectivity index (χ3n) is 3.09. The van der Waals surface area contributed by atoms with Crippen LogP contribution in [0.5, 0.6) is 11.5 Å². The summed E-state index contributed by atoms with van der Waals surface area (Å²) in [4.78, 5) is 11.1. The first-order valence-electron chi connectivity index (χ1n) is 6.61. The Morgan fingerprint density at radius 2 is 1.96 bits per heavy atom. The summed E-state index contributed by atoms with van der Waals surface area (Å²) in [5.41, 5.74) is 6.22. The molecule has 0 fully saturated rings. The van der Waals surface area contributed by atoms with Crippen molar-refractivity contribution < 1.29 is 13.9 Å². The topological polar surface area (TPSA) is 70.1 Å². The van der Waals surface area contributed by atoms with E-state index in [1.54, 1.807) is 24.3 Å². The molecule has 1 aromatic heterocycles. The van der Waals surface area contributed by atoms with Crippen LogP contribution in [0.1, 0.15) is 10.4 Å². The van der Waals surface area contributed by atoms with E-state index in [4.69, 9.17) is 22.1 Å². The fourth-order valence-electron chi connectivity index (χ4n) is 1.94. The number of carbonyl (C=O) groups is 1. The van der Waals surface area contributed by atoms with Crippen LogP contribution in [0.15, 0.2) is 54.9 Å². The van der Waals surface area contributed by atoms with Crippen LogP contribution in [0, 0.1) is 5.82 Å². The lowest BCUT2D eigenvalue weighted by Gasteiger charge is -2.08. The SMILES string of the molecule is NC(=O)c1cnn(-c2ccc(Oc3cc(F)ccc3Cl)cc2)c1. The predicted molar refractivity (Wildman–Crippen MR) is 83.6 cm³/mol. The van der Waals surface area contributed by atoms with E-state index in [-0.39, 0.29) is 5.75 Å². The molecule has 7 heteroatoms. The van der Waals surface area contributed by atoms with Crippen molar-refractivity contribution in [3.8, 4) is 17.2 Å². The highest BCUT2D eigenvalue weighted by Crippen LogP contribution is 2.30. The molecule has 0 aliphatic carbocycles. The van der Waals surface area contributed by atoms with Gasteiger partial charge in [0, 0.05) is 12.3 Å². The Balaban J connectivity index is 1.81. The second-order valence-electron chi connectivity index (χ2n) is 4.71. The average Bonchev–Trinajstić information content (AvgIpc) is 3.02. The number of ether oxygens (including phenoxy) is 1. The molecule has 3 aromatic rings. The summed E-state index contributed by atoms with van der Waals surface area (Å²) in [5, 5.41) is 4.36. The van der Waals surface area contributed by atoms with E-state index < -0.39 is 11.7 Å². The molecule has 2 aromatic carbocycles. The van der Waals surface area contributed by atoms with Crippen LogP contribution in [0.3, 0.4) is 0 Å². The van der Waals surface area contributed by atoms with Crippen molar-refractivity contribution >= 4 is 17.5 Å². The zero-order chi connectivity index (χ0) is 16.4. The minimum Gasteiger partial charge on any atom is -0.456 e.